The molecular formula is C21H23NO5. The Kier molecular flexibility index (Phi) is 5.64. The third kappa shape index (κ3) is 4.58. The highest BCUT2D eigenvalue weighted by Crippen LogP contribution is 2.34. The molecule has 2 aromatic rings. The summed E-state index contributed by atoms with van der Waals surface area (Å²) in [5.41, 5.74) is 1.93. The first-order valence-corrected chi connectivity index (χ1v) is 8.95. The summed E-state index contributed by atoms with van der Waals surface area (Å²) >= 11 is 0. The molecule has 6 heteroatoms. The Morgan fingerprint density at radius 2 is 1.70 bits per heavy atom. The van der Waals surface area contributed by atoms with E-state index in [1.54, 1.807) is 12.1 Å². The molecule has 0 saturated carbocycles. The molecule has 6 nitrogen and oxygen atoms in total. The second kappa shape index (κ2) is 8.12. The third-order valence-corrected chi connectivity index (χ3v) is 4.47. The zero-order valence-corrected chi connectivity index (χ0v) is 15.4. The minimum absolute atomic E-state index is 0.119. The predicted molar refractivity (Wildman–Crippen MR) is 100 cm³/mol. The van der Waals surface area contributed by atoms with Crippen LogP contribution in [0.2, 0.25) is 0 Å². The first-order valence-electron chi connectivity index (χ1n) is 8.95. The number of ether oxygens (including phenoxy) is 2. The van der Waals surface area contributed by atoms with Gasteiger partial charge in [0.05, 0.1) is 18.0 Å². The van der Waals surface area contributed by atoms with Crippen molar-refractivity contribution in [1.82, 2.24) is 5.32 Å². The highest BCUT2D eigenvalue weighted by Gasteiger charge is 2.21. The van der Waals surface area contributed by atoms with Crippen LogP contribution in [0.1, 0.15) is 41.4 Å². The molecule has 0 fully saturated rings. The van der Waals surface area contributed by atoms with Gasteiger partial charge in [0.25, 0.3) is 0 Å². The molecule has 0 saturated heterocycles. The monoisotopic (exact) mass is 369 g/mol. The lowest BCUT2D eigenvalue weighted by atomic mass is 9.95. The Bertz CT molecular complexity index is 829. The Labute approximate surface area is 158 Å². The maximum atomic E-state index is 12.5. The van der Waals surface area contributed by atoms with Crippen molar-refractivity contribution in [3.8, 4) is 11.5 Å². The molecule has 27 heavy (non-hydrogen) atoms. The fourth-order valence-corrected chi connectivity index (χ4v) is 3.06. The van der Waals surface area contributed by atoms with E-state index in [9.17, 15) is 9.59 Å². The van der Waals surface area contributed by atoms with Crippen LogP contribution in [0.15, 0.2) is 42.5 Å². The number of benzene rings is 2. The van der Waals surface area contributed by atoms with Gasteiger partial charge < -0.3 is 19.9 Å². The summed E-state index contributed by atoms with van der Waals surface area (Å²) in [6, 6.07) is 11.9. The van der Waals surface area contributed by atoms with Gasteiger partial charge in [0.1, 0.15) is 13.2 Å². The minimum Gasteiger partial charge on any atom is -0.486 e. The lowest BCUT2D eigenvalue weighted by molar-refractivity contribution is -0.121. The van der Waals surface area contributed by atoms with E-state index in [1.165, 1.54) is 12.1 Å². The Morgan fingerprint density at radius 1 is 1.04 bits per heavy atom. The van der Waals surface area contributed by atoms with Crippen LogP contribution in [0.25, 0.3) is 0 Å². The van der Waals surface area contributed by atoms with E-state index in [4.69, 9.17) is 14.6 Å². The summed E-state index contributed by atoms with van der Waals surface area (Å²) < 4.78 is 11.2. The molecule has 0 aromatic heterocycles. The predicted octanol–water partition coefficient (Wildman–Crippen LogP) is 3.21. The Morgan fingerprint density at radius 3 is 2.33 bits per heavy atom. The average Bonchev–Trinajstić information content (AvgIpc) is 2.66. The lowest BCUT2D eigenvalue weighted by Gasteiger charge is -2.25. The topological polar surface area (TPSA) is 84.9 Å². The Hall–Kier alpha value is -3.02. The molecule has 142 valence electrons. The van der Waals surface area contributed by atoms with Crippen molar-refractivity contribution >= 4 is 11.9 Å². The van der Waals surface area contributed by atoms with E-state index in [0.717, 1.165) is 16.9 Å². The molecule has 1 atom stereocenters. The molecular weight excluding hydrogens is 346 g/mol. The summed E-state index contributed by atoms with van der Waals surface area (Å²) in [6.45, 7) is 5.14. The second-order valence-electron chi connectivity index (χ2n) is 6.87. The van der Waals surface area contributed by atoms with Gasteiger partial charge >= 0.3 is 5.97 Å². The summed E-state index contributed by atoms with van der Waals surface area (Å²) in [6.07, 6.45) is 0.188. The summed E-state index contributed by atoms with van der Waals surface area (Å²) in [5, 5.41) is 12.0. The summed E-state index contributed by atoms with van der Waals surface area (Å²) in [5.74, 6) is 0.502. The van der Waals surface area contributed by atoms with Crippen molar-refractivity contribution < 1.29 is 24.2 Å². The van der Waals surface area contributed by atoms with Crippen LogP contribution in [0, 0.1) is 5.92 Å². The smallest absolute Gasteiger partial charge is 0.335 e. The SMILES string of the molecule is CC(C)C(NC(=O)Cc1ccc(C(=O)O)cc1)c1ccc2c(c1)OCCO2. The number of amides is 1. The van der Waals surface area contributed by atoms with E-state index in [1.807, 2.05) is 32.0 Å². The van der Waals surface area contributed by atoms with E-state index in [2.05, 4.69) is 5.32 Å². The number of fused-ring (bicyclic) bond motifs is 1. The number of carboxylic acid groups (broad SMARTS) is 1. The van der Waals surface area contributed by atoms with Crippen molar-refractivity contribution in [3.05, 3.63) is 59.2 Å². The first kappa shape index (κ1) is 18.8. The molecule has 0 spiro atoms. The molecule has 1 amide bonds. The van der Waals surface area contributed by atoms with Gasteiger partial charge in [0.2, 0.25) is 5.91 Å². The quantitative estimate of drug-likeness (QED) is 0.817. The molecule has 2 aromatic carbocycles. The van der Waals surface area contributed by atoms with Gasteiger partial charge in [0, 0.05) is 0 Å². The number of rotatable bonds is 6. The maximum absolute atomic E-state index is 12.5. The van der Waals surface area contributed by atoms with Crippen LogP contribution in [0.5, 0.6) is 11.5 Å². The number of carboxylic acids is 1. The molecule has 0 aliphatic carbocycles. The zero-order valence-electron chi connectivity index (χ0n) is 15.4. The van der Waals surface area contributed by atoms with Gasteiger partial charge in [-0.15, -0.1) is 0 Å². The van der Waals surface area contributed by atoms with E-state index in [0.29, 0.717) is 19.0 Å². The van der Waals surface area contributed by atoms with E-state index >= 15 is 0 Å². The molecule has 2 N–H and O–H groups in total. The van der Waals surface area contributed by atoms with Crippen LogP contribution in [0.4, 0.5) is 0 Å². The van der Waals surface area contributed by atoms with Crippen LogP contribution in [-0.2, 0) is 11.2 Å². The third-order valence-electron chi connectivity index (χ3n) is 4.47. The fraction of sp³-hybridized carbons (Fsp3) is 0.333. The number of carbonyl (C=O) groups excluding carboxylic acids is 1. The summed E-state index contributed by atoms with van der Waals surface area (Å²) in [4.78, 5) is 23.4. The molecule has 0 radical (unpaired) electrons. The van der Waals surface area contributed by atoms with E-state index < -0.39 is 5.97 Å². The van der Waals surface area contributed by atoms with Crippen LogP contribution in [0.3, 0.4) is 0 Å². The van der Waals surface area contributed by atoms with Crippen LogP contribution < -0.4 is 14.8 Å². The number of nitrogens with one attached hydrogen (secondary N) is 1. The lowest BCUT2D eigenvalue weighted by Crippen LogP contribution is -2.33. The molecule has 1 unspecified atom stereocenters. The van der Waals surface area contributed by atoms with Gasteiger partial charge in [-0.2, -0.15) is 0 Å². The summed E-state index contributed by atoms with van der Waals surface area (Å²) in [7, 11) is 0. The second-order valence-corrected chi connectivity index (χ2v) is 6.87. The van der Waals surface area contributed by atoms with Gasteiger partial charge in [-0.05, 0) is 41.3 Å². The molecule has 1 aliphatic rings. The van der Waals surface area contributed by atoms with Crippen molar-refractivity contribution in [2.45, 2.75) is 26.3 Å². The number of hydrogen-bond acceptors (Lipinski definition) is 4. The fourth-order valence-electron chi connectivity index (χ4n) is 3.06. The minimum atomic E-state index is -0.982. The van der Waals surface area contributed by atoms with Crippen molar-refractivity contribution in [1.29, 1.82) is 0 Å². The van der Waals surface area contributed by atoms with Crippen LogP contribution >= 0.6 is 0 Å². The molecule has 1 aliphatic heterocycles. The number of hydrogen-bond donors (Lipinski definition) is 2. The van der Waals surface area contributed by atoms with Gasteiger partial charge in [-0.3, -0.25) is 4.79 Å². The van der Waals surface area contributed by atoms with Crippen LogP contribution in [-0.4, -0.2) is 30.2 Å². The zero-order chi connectivity index (χ0) is 19.4. The van der Waals surface area contributed by atoms with Gasteiger partial charge in [-0.25, -0.2) is 4.79 Å². The van der Waals surface area contributed by atoms with Crippen molar-refractivity contribution in [2.75, 3.05) is 13.2 Å². The average molecular weight is 369 g/mol. The van der Waals surface area contributed by atoms with E-state index in [-0.39, 0.29) is 29.9 Å². The largest absolute Gasteiger partial charge is 0.486 e. The highest BCUT2D eigenvalue weighted by atomic mass is 16.6. The number of aromatic carboxylic acids is 1. The van der Waals surface area contributed by atoms with Gasteiger partial charge in [0.15, 0.2) is 11.5 Å². The van der Waals surface area contributed by atoms with Crippen molar-refractivity contribution in [3.63, 3.8) is 0 Å². The van der Waals surface area contributed by atoms with Crippen molar-refractivity contribution in [2.24, 2.45) is 5.92 Å². The molecule has 3 rings (SSSR count). The number of carbonyl (C=O) groups is 2. The highest BCUT2D eigenvalue weighted by molar-refractivity contribution is 5.87. The standard InChI is InChI=1S/C21H23NO5/c1-13(2)20(16-7-8-17-18(12-16)27-10-9-26-17)22-19(23)11-14-3-5-15(6-4-14)21(24)25/h3-8,12-13,20H,9-11H2,1-2H3,(H,22,23)(H,24,25). The molecule has 0 bridgehead atoms. The molecule has 1 heterocycles. The van der Waals surface area contributed by atoms with Gasteiger partial charge in [-0.1, -0.05) is 32.0 Å². The normalized spacial score (nSPS) is 13.9. The maximum Gasteiger partial charge on any atom is 0.335 e. The Balaban J connectivity index is 1.70. The first-order chi connectivity index (χ1) is 12.9.